The highest BCUT2D eigenvalue weighted by Gasteiger charge is 2.39. The van der Waals surface area contributed by atoms with E-state index in [1.165, 1.54) is 19.6 Å². The summed E-state index contributed by atoms with van der Waals surface area (Å²) in [7, 11) is 0. The van der Waals surface area contributed by atoms with Gasteiger partial charge in [0.05, 0.1) is 22.7 Å². The molecule has 470 valence electrons. The van der Waals surface area contributed by atoms with Gasteiger partial charge in [0.25, 0.3) is 47.3 Å². The average Bonchev–Trinajstić information content (AvgIpc) is 0.739. The summed E-state index contributed by atoms with van der Waals surface area (Å²) in [4.78, 5) is 115. The van der Waals surface area contributed by atoms with Crippen LogP contribution >= 0.6 is 0 Å². The van der Waals surface area contributed by atoms with Crippen molar-refractivity contribution < 1.29 is 38.4 Å². The molecule has 8 amide bonds. The molecule has 19 rings (SSSR count). The summed E-state index contributed by atoms with van der Waals surface area (Å²) in [6.07, 6.45) is 0. The van der Waals surface area contributed by atoms with Crippen LogP contribution in [0.5, 0.6) is 0 Å². The number of amides is 8. The maximum Gasteiger partial charge on any atom is 0.265 e. The van der Waals surface area contributed by atoms with Crippen LogP contribution in [0.1, 0.15) is 82.9 Å². The lowest BCUT2D eigenvalue weighted by atomic mass is 9.84. The lowest BCUT2D eigenvalue weighted by Gasteiger charge is -2.28. The summed E-state index contributed by atoms with van der Waals surface area (Å²) in [6.45, 7) is 0. The monoisotopic (exact) mass is 1290 g/mol. The van der Waals surface area contributed by atoms with E-state index in [0.717, 1.165) is 76.8 Å². The summed E-state index contributed by atoms with van der Waals surface area (Å²) in [6, 6.07) is 93.8. The predicted molar refractivity (Wildman–Crippen MR) is 392 cm³/mol. The third-order valence-corrected chi connectivity index (χ3v) is 19.7. The first kappa shape index (κ1) is 58.7. The number of para-hydroxylation sites is 4. The molecule has 15 aromatic rings. The molecule has 15 aromatic carbocycles. The van der Waals surface area contributed by atoms with Crippen molar-refractivity contribution in [2.75, 3.05) is 19.6 Å². The van der Waals surface area contributed by atoms with E-state index in [0.29, 0.717) is 88.8 Å². The molecule has 0 saturated carbocycles. The molecule has 12 heteroatoms. The van der Waals surface area contributed by atoms with Gasteiger partial charge in [-0.1, -0.05) is 206 Å². The van der Waals surface area contributed by atoms with Crippen LogP contribution in [0.25, 0.3) is 98.4 Å². The van der Waals surface area contributed by atoms with Gasteiger partial charge >= 0.3 is 0 Å². The van der Waals surface area contributed by atoms with E-state index in [2.05, 4.69) is 24.3 Å². The molecular formula is C88H50N4O8. The van der Waals surface area contributed by atoms with Gasteiger partial charge in [-0.05, 0) is 174 Å². The van der Waals surface area contributed by atoms with Gasteiger partial charge in [-0.15, -0.1) is 0 Å². The Morgan fingerprint density at radius 1 is 0.140 bits per heavy atom. The first-order valence-corrected chi connectivity index (χ1v) is 32.6. The smallest absolute Gasteiger partial charge is 0.265 e. The Morgan fingerprint density at radius 2 is 0.320 bits per heavy atom. The molecule has 12 nitrogen and oxygen atoms in total. The second-order valence-electron chi connectivity index (χ2n) is 25.0. The summed E-state index contributed by atoms with van der Waals surface area (Å²) < 4.78 is 0. The van der Waals surface area contributed by atoms with Crippen LogP contribution in [0.2, 0.25) is 0 Å². The van der Waals surface area contributed by atoms with Crippen molar-refractivity contribution in [2.45, 2.75) is 0 Å². The predicted octanol–water partition coefficient (Wildman–Crippen LogP) is 19.0. The quantitative estimate of drug-likeness (QED) is 0.137. The number of anilines is 4. The number of carbonyl (C=O) groups excluding carboxylic acids is 8. The number of fused-ring (bicyclic) bond motifs is 1. The molecular weight excluding hydrogens is 1240 g/mol. The molecule has 0 spiro atoms. The van der Waals surface area contributed by atoms with Gasteiger partial charge in [-0.3, -0.25) is 38.4 Å². The molecule has 4 heterocycles. The molecule has 0 saturated heterocycles. The number of hydrogen-bond acceptors (Lipinski definition) is 8. The Hall–Kier alpha value is -13.8. The Balaban J connectivity index is 0.000000145. The van der Waals surface area contributed by atoms with E-state index in [1.807, 2.05) is 194 Å². The van der Waals surface area contributed by atoms with E-state index in [9.17, 15) is 38.4 Å². The number of imide groups is 4. The van der Waals surface area contributed by atoms with E-state index in [-0.39, 0.29) is 47.3 Å². The zero-order chi connectivity index (χ0) is 67.6. The molecule has 0 bridgehead atoms. The minimum atomic E-state index is -0.349. The summed E-state index contributed by atoms with van der Waals surface area (Å²) >= 11 is 0. The minimum absolute atomic E-state index is 0.344. The van der Waals surface area contributed by atoms with E-state index in [1.54, 1.807) is 84.9 Å². The molecule has 0 N–H and O–H groups in total. The highest BCUT2D eigenvalue weighted by atomic mass is 16.2. The largest absolute Gasteiger partial charge is 0.268 e. The zero-order valence-corrected chi connectivity index (χ0v) is 52.9. The van der Waals surface area contributed by atoms with Crippen LogP contribution in [0.4, 0.5) is 22.7 Å². The second kappa shape index (κ2) is 22.9. The molecule has 0 radical (unpaired) electrons. The molecule has 0 fully saturated rings. The number of carbonyl (C=O) groups is 8. The Labute approximate surface area is 571 Å². The highest BCUT2D eigenvalue weighted by Crippen LogP contribution is 2.47. The summed E-state index contributed by atoms with van der Waals surface area (Å²) in [5.41, 5.74) is 13.4. The standard InChI is InChI=1S/C46H26N2O4.C42H24N2O4/c49-43-37-19-9-17-35-33(23-25-39(41(35)37)45(51)47(43)27-11-3-1-4-12-27)31-21-22-32(30-16-8-7-15-29(30)31)34-24-26-40-42-36(34)18-10-20-38(42)44(50)48(46(40)52)28-13-5-2-6-14-28;45-39-33-15-7-13-31-29(21-23-35(37(31)33)41(47)43(39)27-9-3-1-4-10-27)25-17-19-26(20-18-25)30-22-24-36-38-32(30)14-8-16-34(38)40(46)44(42(36)48)28-11-5-2-6-12-28/h1-26H;1-24H. The van der Waals surface area contributed by atoms with Gasteiger partial charge in [-0.2, -0.15) is 0 Å². The lowest BCUT2D eigenvalue weighted by molar-refractivity contribution is 0.0877. The van der Waals surface area contributed by atoms with Gasteiger partial charge in [0.15, 0.2) is 0 Å². The lowest BCUT2D eigenvalue weighted by Crippen LogP contribution is -2.40. The maximum atomic E-state index is 13.8. The fourth-order valence-electron chi connectivity index (χ4n) is 15.2. The molecule has 0 aromatic heterocycles. The average molecular weight is 1290 g/mol. The zero-order valence-electron chi connectivity index (χ0n) is 52.9. The summed E-state index contributed by atoms with van der Waals surface area (Å²) in [5, 5.41) is 7.89. The number of rotatable bonds is 8. The second-order valence-corrected chi connectivity index (χ2v) is 25.0. The molecule has 4 aliphatic rings. The Kier molecular flexibility index (Phi) is 13.5. The third kappa shape index (κ3) is 8.87. The van der Waals surface area contributed by atoms with Gasteiger partial charge in [0, 0.05) is 66.1 Å². The van der Waals surface area contributed by atoms with Crippen molar-refractivity contribution in [1.82, 2.24) is 0 Å². The van der Waals surface area contributed by atoms with Crippen molar-refractivity contribution in [3.05, 3.63) is 348 Å². The van der Waals surface area contributed by atoms with Crippen LogP contribution in [0, 0.1) is 0 Å². The number of nitrogens with zero attached hydrogens (tertiary/aromatic N) is 4. The molecule has 0 atom stereocenters. The first-order chi connectivity index (χ1) is 49.0. The van der Waals surface area contributed by atoms with Crippen LogP contribution in [0.3, 0.4) is 0 Å². The minimum Gasteiger partial charge on any atom is -0.268 e. The van der Waals surface area contributed by atoms with Crippen LogP contribution in [-0.4, -0.2) is 47.3 Å². The molecule has 0 unspecified atom stereocenters. The van der Waals surface area contributed by atoms with Crippen LogP contribution in [-0.2, 0) is 0 Å². The molecule has 100 heavy (non-hydrogen) atoms. The SMILES string of the molecule is O=C1c2cccc3c(-c4ccc(-c5ccc6c7c(cccc57)C(=O)N(c5ccccc5)C6=O)c5ccccc45)ccc(c23)C(=O)N1c1ccccc1.O=C1c2cccc3c(-c4ccc(-c5ccc6c7c(cccc57)C(=O)N(c5ccccc5)C6=O)cc4)ccc(c23)C(=O)N1c1ccccc1. The van der Waals surface area contributed by atoms with Crippen LogP contribution in [0.15, 0.2) is 303 Å². The van der Waals surface area contributed by atoms with Crippen molar-refractivity contribution >= 4 is 124 Å². The normalized spacial score (nSPS) is 13.9. The number of benzene rings is 15. The highest BCUT2D eigenvalue weighted by molar-refractivity contribution is 6.40. The topological polar surface area (TPSA) is 150 Å². The van der Waals surface area contributed by atoms with Gasteiger partial charge in [0.1, 0.15) is 0 Å². The fourth-order valence-corrected chi connectivity index (χ4v) is 15.2. The van der Waals surface area contributed by atoms with E-state index < -0.39 is 0 Å². The van der Waals surface area contributed by atoms with E-state index in [4.69, 9.17) is 0 Å². The Morgan fingerprint density at radius 3 is 0.570 bits per heavy atom. The first-order valence-electron chi connectivity index (χ1n) is 32.6. The Bertz CT molecular complexity index is 5690. The van der Waals surface area contributed by atoms with Crippen molar-refractivity contribution in [3.8, 4) is 44.5 Å². The van der Waals surface area contributed by atoms with Gasteiger partial charge in [-0.25, -0.2) is 19.6 Å². The molecule has 4 aliphatic heterocycles. The molecule has 0 aliphatic carbocycles. The van der Waals surface area contributed by atoms with Crippen LogP contribution < -0.4 is 19.6 Å². The van der Waals surface area contributed by atoms with Crippen molar-refractivity contribution in [1.29, 1.82) is 0 Å². The maximum absolute atomic E-state index is 13.8. The van der Waals surface area contributed by atoms with Gasteiger partial charge < -0.3 is 0 Å². The van der Waals surface area contributed by atoms with Crippen molar-refractivity contribution in [3.63, 3.8) is 0 Å². The van der Waals surface area contributed by atoms with Gasteiger partial charge in [0.2, 0.25) is 0 Å². The van der Waals surface area contributed by atoms with E-state index >= 15 is 0 Å². The third-order valence-electron chi connectivity index (χ3n) is 19.7. The van der Waals surface area contributed by atoms with Crippen molar-refractivity contribution in [2.24, 2.45) is 0 Å². The summed E-state index contributed by atoms with van der Waals surface area (Å²) in [5.74, 6) is -2.77. The fraction of sp³-hybridized carbons (Fsp3) is 0. The number of hydrogen-bond donors (Lipinski definition) is 0.